The van der Waals surface area contributed by atoms with E-state index >= 15 is 0 Å². The van der Waals surface area contributed by atoms with Crippen molar-refractivity contribution in [1.82, 2.24) is 0 Å². The molecule has 0 N–H and O–H groups in total. The van der Waals surface area contributed by atoms with Crippen LogP contribution < -0.4 is 0 Å². The highest BCUT2D eigenvalue weighted by molar-refractivity contribution is 5.87. The first kappa shape index (κ1) is 12.8. The fourth-order valence-electron chi connectivity index (χ4n) is 0.365. The van der Waals surface area contributed by atoms with Gasteiger partial charge >= 0.3 is 5.97 Å². The molecule has 0 saturated carbocycles. The van der Waals surface area contributed by atoms with Gasteiger partial charge in [-0.25, -0.2) is 4.79 Å². The van der Waals surface area contributed by atoms with Crippen molar-refractivity contribution in [3.8, 4) is 0 Å². The predicted molar refractivity (Wildman–Crippen MR) is 47.4 cm³/mol. The summed E-state index contributed by atoms with van der Waals surface area (Å²) in [5.41, 5.74) is 0.0330. The van der Waals surface area contributed by atoms with Crippen LogP contribution >= 0.6 is 0 Å². The average molecular weight is 158 g/mol. The number of hydrogen-bond donors (Lipinski definition) is 0. The maximum absolute atomic E-state index is 10.8. The zero-order chi connectivity index (χ0) is 8.36. The van der Waals surface area contributed by atoms with Crippen LogP contribution in [-0.4, -0.2) is 11.6 Å². The van der Waals surface area contributed by atoms with Gasteiger partial charge in [-0.3, -0.25) is 0 Å². The van der Waals surface area contributed by atoms with E-state index in [0.717, 1.165) is 0 Å². The van der Waals surface area contributed by atoms with E-state index < -0.39 is 5.60 Å². The summed E-state index contributed by atoms with van der Waals surface area (Å²) in [5.74, 6) is -0.326. The molecule has 11 heavy (non-hydrogen) atoms. The van der Waals surface area contributed by atoms with Crippen molar-refractivity contribution in [2.24, 2.45) is 0 Å². The molecule has 0 aliphatic carbocycles. The molecule has 0 unspecified atom stereocenters. The highest BCUT2D eigenvalue weighted by atomic mass is 16.6. The predicted octanol–water partition coefficient (Wildman–Crippen LogP) is 2.54. The van der Waals surface area contributed by atoms with Gasteiger partial charge in [-0.05, 0) is 27.7 Å². The maximum atomic E-state index is 10.8. The van der Waals surface area contributed by atoms with Crippen molar-refractivity contribution in [3.63, 3.8) is 0 Å². The summed E-state index contributed by atoms with van der Waals surface area (Å²) in [6.07, 6.45) is 0. The third kappa shape index (κ3) is 7.10. The Balaban J connectivity index is 0. The van der Waals surface area contributed by atoms with Crippen LogP contribution in [0.5, 0.6) is 0 Å². The van der Waals surface area contributed by atoms with Crippen molar-refractivity contribution in [3.05, 3.63) is 12.2 Å². The third-order valence-corrected chi connectivity index (χ3v) is 0.747. The molecule has 0 spiro atoms. The van der Waals surface area contributed by atoms with Gasteiger partial charge in [-0.2, -0.15) is 0 Å². The Kier molecular flexibility index (Phi) is 4.86. The molecule has 0 aromatic carbocycles. The van der Waals surface area contributed by atoms with Gasteiger partial charge in [0.05, 0.1) is 0 Å². The Bertz CT molecular complexity index is 151. The number of carbonyl (C=O) groups is 1. The Morgan fingerprint density at radius 2 is 1.73 bits per heavy atom. The molecule has 0 aromatic heterocycles. The molecular weight excluding hydrogens is 140 g/mol. The van der Waals surface area contributed by atoms with Gasteiger partial charge in [0.1, 0.15) is 5.60 Å². The van der Waals surface area contributed by atoms with E-state index in [1.54, 1.807) is 6.92 Å². The van der Waals surface area contributed by atoms with Gasteiger partial charge in [0.25, 0.3) is 0 Å². The fraction of sp³-hybridized carbons (Fsp3) is 0.667. The third-order valence-electron chi connectivity index (χ3n) is 0.747. The second-order valence-corrected chi connectivity index (χ2v) is 3.28. The van der Waals surface area contributed by atoms with Crippen molar-refractivity contribution < 1.29 is 9.53 Å². The maximum Gasteiger partial charge on any atom is 0.333 e. The summed E-state index contributed by atoms with van der Waals surface area (Å²) in [7, 11) is 0. The summed E-state index contributed by atoms with van der Waals surface area (Å²) < 4.78 is 4.96. The zero-order valence-corrected chi connectivity index (χ0v) is 7.02. The monoisotopic (exact) mass is 158 g/mol. The molecular formula is C9H18O2. The molecule has 0 fully saturated rings. The van der Waals surface area contributed by atoms with Crippen LogP contribution in [0.1, 0.15) is 35.1 Å². The smallest absolute Gasteiger partial charge is 0.333 e. The molecule has 0 atom stereocenters. The van der Waals surface area contributed by atoms with E-state index in [0.29, 0.717) is 5.57 Å². The molecule has 0 aliphatic heterocycles. The van der Waals surface area contributed by atoms with E-state index in [1.807, 2.05) is 20.8 Å². The average Bonchev–Trinajstić information content (AvgIpc) is 1.60. The van der Waals surface area contributed by atoms with Crippen LogP contribution in [0.25, 0.3) is 0 Å². The Labute approximate surface area is 69.3 Å². The first-order valence-electron chi connectivity index (χ1n) is 3.22. The lowest BCUT2D eigenvalue weighted by Gasteiger charge is -2.19. The number of esters is 1. The minimum atomic E-state index is -0.407. The molecule has 66 valence electrons. The van der Waals surface area contributed by atoms with Gasteiger partial charge in [0.15, 0.2) is 0 Å². The summed E-state index contributed by atoms with van der Waals surface area (Å²) in [6.45, 7) is 10.6. The first-order chi connectivity index (χ1) is 4.33. The lowest BCUT2D eigenvalue weighted by Crippen LogP contribution is -2.23. The van der Waals surface area contributed by atoms with Crippen LogP contribution in [0.3, 0.4) is 0 Å². The SMILES string of the molecule is C.C=C(C)C(=O)OC(C)(C)C. The molecule has 0 bridgehead atoms. The topological polar surface area (TPSA) is 26.3 Å². The number of carbonyl (C=O) groups excluding carboxylic acids is 1. The second-order valence-electron chi connectivity index (χ2n) is 3.28. The standard InChI is InChI=1S/C8H14O2.CH4/c1-6(2)7(9)10-8(3,4)5;/h1H2,2-5H3;1H4. The first-order valence-corrected chi connectivity index (χ1v) is 3.22. The Morgan fingerprint density at radius 3 is 1.82 bits per heavy atom. The molecule has 0 amide bonds. The van der Waals surface area contributed by atoms with Crippen LogP contribution in [0.2, 0.25) is 0 Å². The molecule has 0 heterocycles. The molecule has 2 heteroatoms. The largest absolute Gasteiger partial charge is 0.457 e. The molecule has 0 rings (SSSR count). The van der Waals surface area contributed by atoms with Crippen molar-refractivity contribution in [2.45, 2.75) is 40.7 Å². The van der Waals surface area contributed by atoms with Crippen molar-refractivity contribution in [1.29, 1.82) is 0 Å². The zero-order valence-electron chi connectivity index (χ0n) is 7.02. The normalized spacial score (nSPS) is 9.82. The van der Waals surface area contributed by atoms with Gasteiger partial charge in [-0.1, -0.05) is 14.0 Å². The number of ether oxygens (including phenoxy) is 1. The summed E-state index contributed by atoms with van der Waals surface area (Å²) in [4.78, 5) is 10.8. The highest BCUT2D eigenvalue weighted by Crippen LogP contribution is 2.09. The van der Waals surface area contributed by atoms with Gasteiger partial charge < -0.3 is 4.74 Å². The van der Waals surface area contributed by atoms with Crippen LogP contribution in [0.15, 0.2) is 12.2 Å². The fourth-order valence-corrected chi connectivity index (χ4v) is 0.365. The lowest BCUT2D eigenvalue weighted by molar-refractivity contribution is -0.149. The van der Waals surface area contributed by atoms with E-state index in [1.165, 1.54) is 0 Å². The Morgan fingerprint density at radius 1 is 1.36 bits per heavy atom. The summed E-state index contributed by atoms with van der Waals surface area (Å²) >= 11 is 0. The quantitative estimate of drug-likeness (QED) is 0.433. The Hall–Kier alpha value is -0.790. The second kappa shape index (κ2) is 4.16. The molecule has 0 radical (unpaired) electrons. The van der Waals surface area contributed by atoms with Crippen molar-refractivity contribution in [2.75, 3.05) is 0 Å². The molecule has 0 aliphatic rings. The van der Waals surface area contributed by atoms with E-state index in [2.05, 4.69) is 6.58 Å². The van der Waals surface area contributed by atoms with Crippen molar-refractivity contribution >= 4 is 5.97 Å². The van der Waals surface area contributed by atoms with Crippen LogP contribution in [0.4, 0.5) is 0 Å². The highest BCUT2D eigenvalue weighted by Gasteiger charge is 2.15. The van der Waals surface area contributed by atoms with E-state index in [-0.39, 0.29) is 13.4 Å². The summed E-state index contributed by atoms with van der Waals surface area (Å²) in [6, 6.07) is 0. The minimum absolute atomic E-state index is 0. The van der Waals surface area contributed by atoms with Gasteiger partial charge in [0.2, 0.25) is 0 Å². The van der Waals surface area contributed by atoms with Gasteiger partial charge in [-0.15, -0.1) is 0 Å². The molecule has 0 saturated heterocycles. The minimum Gasteiger partial charge on any atom is -0.457 e. The van der Waals surface area contributed by atoms with E-state index in [4.69, 9.17) is 4.74 Å². The summed E-state index contributed by atoms with van der Waals surface area (Å²) in [5, 5.41) is 0. The van der Waals surface area contributed by atoms with Gasteiger partial charge in [0, 0.05) is 5.57 Å². The lowest BCUT2D eigenvalue weighted by atomic mass is 10.2. The van der Waals surface area contributed by atoms with E-state index in [9.17, 15) is 4.79 Å². The number of rotatable bonds is 1. The number of hydrogen-bond acceptors (Lipinski definition) is 2. The van der Waals surface area contributed by atoms with Crippen LogP contribution in [0, 0.1) is 0 Å². The molecule has 0 aromatic rings. The molecule has 2 nitrogen and oxygen atoms in total. The van der Waals surface area contributed by atoms with Crippen LogP contribution in [-0.2, 0) is 9.53 Å².